The van der Waals surface area contributed by atoms with Crippen LogP contribution in [0, 0.1) is 0 Å². The van der Waals surface area contributed by atoms with Crippen molar-refractivity contribution in [1.82, 2.24) is 20.5 Å². The lowest BCUT2D eigenvalue weighted by Crippen LogP contribution is -2.43. The monoisotopic (exact) mass is 416 g/mol. The molecule has 1 unspecified atom stereocenters. The van der Waals surface area contributed by atoms with Gasteiger partial charge in [-0.3, -0.25) is 9.69 Å². The molecule has 3 rings (SSSR count). The topological polar surface area (TPSA) is 57.3 Å². The Kier molecular flexibility index (Phi) is 10.1. The molecule has 1 fully saturated rings. The Balaban J connectivity index is 0.00000169. The first-order valence-corrected chi connectivity index (χ1v) is 9.28. The number of rotatable bonds is 6. The minimum atomic E-state index is -0.0553. The largest absolute Gasteiger partial charge is 0.346 e. The number of aromatic nitrogens is 1. The van der Waals surface area contributed by atoms with Crippen LogP contribution in [0.4, 0.5) is 0 Å². The van der Waals surface area contributed by atoms with Gasteiger partial charge in [-0.05, 0) is 38.6 Å². The maximum atomic E-state index is 12.1. The molecule has 0 saturated carbocycles. The zero-order chi connectivity index (χ0) is 16.8. The number of likely N-dealkylation sites (tertiary alicyclic amines) is 1. The molecule has 26 heavy (non-hydrogen) atoms. The average molecular weight is 417 g/mol. The van der Waals surface area contributed by atoms with Crippen molar-refractivity contribution >= 4 is 42.1 Å². The van der Waals surface area contributed by atoms with Crippen LogP contribution in [0.2, 0.25) is 0 Å². The lowest BCUT2D eigenvalue weighted by molar-refractivity contribution is 0.0951. The Labute approximate surface area is 171 Å². The van der Waals surface area contributed by atoms with Crippen LogP contribution in [0.15, 0.2) is 35.7 Å². The first-order chi connectivity index (χ1) is 11.7. The Bertz CT molecular complexity index is 668. The number of amides is 1. The molecule has 2 N–H and O–H groups in total. The summed E-state index contributed by atoms with van der Waals surface area (Å²) in [5, 5.41) is 9.36. The molecule has 8 heteroatoms. The predicted octanol–water partition coefficient (Wildman–Crippen LogP) is 3.10. The van der Waals surface area contributed by atoms with Gasteiger partial charge in [0.2, 0.25) is 0 Å². The van der Waals surface area contributed by atoms with Crippen molar-refractivity contribution < 1.29 is 4.79 Å². The van der Waals surface area contributed by atoms with E-state index in [9.17, 15) is 4.79 Å². The number of halogens is 2. The number of nitrogens with zero attached hydrogens (tertiary/aromatic N) is 2. The van der Waals surface area contributed by atoms with Gasteiger partial charge in [0.25, 0.3) is 5.91 Å². The Hall–Kier alpha value is -1.18. The van der Waals surface area contributed by atoms with E-state index in [4.69, 9.17) is 0 Å². The second kappa shape index (κ2) is 11.5. The number of carbonyl (C=O) groups excluding carboxylic acids is 1. The summed E-state index contributed by atoms with van der Waals surface area (Å²) >= 11 is 1.61. The standard InChI is InChI=1S/C18H24N4OS.2ClH/c1-19-15-8-5-9-22(11-15)12-16-13-24-17(21-16)10-20-18(23)14-6-3-2-4-7-14;;/h2-4,6-7,13,15,19H,5,8-12H2,1H3,(H,20,23);2*1H. The molecule has 0 radical (unpaired) electrons. The summed E-state index contributed by atoms with van der Waals surface area (Å²) in [5.41, 5.74) is 1.78. The summed E-state index contributed by atoms with van der Waals surface area (Å²) in [6.07, 6.45) is 2.48. The van der Waals surface area contributed by atoms with E-state index >= 15 is 0 Å². The van der Waals surface area contributed by atoms with Crippen molar-refractivity contribution in [3.63, 3.8) is 0 Å². The summed E-state index contributed by atoms with van der Waals surface area (Å²) in [6, 6.07) is 9.86. The summed E-state index contributed by atoms with van der Waals surface area (Å²) in [7, 11) is 2.03. The minimum Gasteiger partial charge on any atom is -0.346 e. The Morgan fingerprint density at radius 1 is 1.31 bits per heavy atom. The van der Waals surface area contributed by atoms with E-state index in [-0.39, 0.29) is 30.7 Å². The molecule has 1 atom stereocenters. The highest BCUT2D eigenvalue weighted by atomic mass is 35.5. The number of hydrogen-bond acceptors (Lipinski definition) is 5. The predicted molar refractivity (Wildman–Crippen MR) is 112 cm³/mol. The maximum absolute atomic E-state index is 12.1. The van der Waals surface area contributed by atoms with Gasteiger partial charge in [0, 0.05) is 30.1 Å². The fourth-order valence-corrected chi connectivity index (χ4v) is 3.74. The lowest BCUT2D eigenvalue weighted by Gasteiger charge is -2.31. The third kappa shape index (κ3) is 6.52. The van der Waals surface area contributed by atoms with Crippen molar-refractivity contribution in [2.75, 3.05) is 20.1 Å². The molecule has 144 valence electrons. The highest BCUT2D eigenvalue weighted by Gasteiger charge is 2.19. The van der Waals surface area contributed by atoms with Crippen molar-refractivity contribution in [1.29, 1.82) is 0 Å². The second-order valence-corrected chi connectivity index (χ2v) is 7.09. The SMILES string of the molecule is CNC1CCCN(Cc2csc(CNC(=O)c3ccccc3)n2)C1.Cl.Cl. The molecule has 0 spiro atoms. The first-order valence-electron chi connectivity index (χ1n) is 8.41. The van der Waals surface area contributed by atoms with Gasteiger partial charge in [-0.2, -0.15) is 0 Å². The van der Waals surface area contributed by atoms with Crippen LogP contribution in [0.25, 0.3) is 0 Å². The smallest absolute Gasteiger partial charge is 0.251 e. The lowest BCUT2D eigenvalue weighted by atomic mass is 10.1. The Morgan fingerprint density at radius 2 is 2.08 bits per heavy atom. The third-order valence-corrected chi connectivity index (χ3v) is 5.23. The summed E-state index contributed by atoms with van der Waals surface area (Å²) in [5.74, 6) is -0.0553. The normalized spacial score (nSPS) is 17.0. The Morgan fingerprint density at radius 3 is 2.81 bits per heavy atom. The van der Waals surface area contributed by atoms with Gasteiger partial charge in [-0.1, -0.05) is 18.2 Å². The van der Waals surface area contributed by atoms with Crippen LogP contribution < -0.4 is 10.6 Å². The summed E-state index contributed by atoms with van der Waals surface area (Å²) in [6.45, 7) is 3.59. The third-order valence-electron chi connectivity index (χ3n) is 4.33. The van der Waals surface area contributed by atoms with Crippen LogP contribution in [0.1, 0.15) is 33.9 Å². The molecule has 1 aromatic carbocycles. The molecular weight excluding hydrogens is 391 g/mol. The van der Waals surface area contributed by atoms with Crippen molar-refractivity contribution in [3.05, 3.63) is 52.0 Å². The van der Waals surface area contributed by atoms with Crippen LogP contribution in [-0.4, -0.2) is 42.0 Å². The van der Waals surface area contributed by atoms with Crippen molar-refractivity contribution in [2.45, 2.75) is 32.0 Å². The van der Waals surface area contributed by atoms with Crippen LogP contribution >= 0.6 is 36.2 Å². The molecule has 1 aromatic heterocycles. The highest BCUT2D eigenvalue weighted by molar-refractivity contribution is 7.09. The van der Waals surface area contributed by atoms with Gasteiger partial charge < -0.3 is 10.6 Å². The molecule has 1 amide bonds. The van der Waals surface area contributed by atoms with Gasteiger partial charge in [-0.25, -0.2) is 4.98 Å². The zero-order valence-corrected chi connectivity index (χ0v) is 17.3. The van der Waals surface area contributed by atoms with Crippen LogP contribution in [0.3, 0.4) is 0 Å². The molecule has 2 aromatic rings. The van der Waals surface area contributed by atoms with Crippen molar-refractivity contribution in [2.24, 2.45) is 0 Å². The minimum absolute atomic E-state index is 0. The molecule has 2 heterocycles. The van der Waals surface area contributed by atoms with E-state index in [2.05, 4.69) is 25.9 Å². The molecule has 0 bridgehead atoms. The highest BCUT2D eigenvalue weighted by Crippen LogP contribution is 2.16. The maximum Gasteiger partial charge on any atom is 0.251 e. The second-order valence-electron chi connectivity index (χ2n) is 6.14. The number of likely N-dealkylation sites (N-methyl/N-ethyl adjacent to an activating group) is 1. The molecule has 1 aliphatic rings. The number of piperidine rings is 1. The van der Waals surface area contributed by atoms with Gasteiger partial charge in [0.1, 0.15) is 5.01 Å². The fraction of sp³-hybridized carbons (Fsp3) is 0.444. The van der Waals surface area contributed by atoms with E-state index in [0.29, 0.717) is 18.2 Å². The molecule has 1 saturated heterocycles. The summed E-state index contributed by atoms with van der Waals surface area (Å²) < 4.78 is 0. The number of thiazole rings is 1. The van der Waals surface area contributed by atoms with E-state index in [1.165, 1.54) is 12.8 Å². The zero-order valence-electron chi connectivity index (χ0n) is 14.8. The van der Waals surface area contributed by atoms with Crippen molar-refractivity contribution in [3.8, 4) is 0 Å². The van der Waals surface area contributed by atoms with Gasteiger partial charge >= 0.3 is 0 Å². The van der Waals surface area contributed by atoms with E-state index in [0.717, 1.165) is 30.3 Å². The number of nitrogens with one attached hydrogen (secondary N) is 2. The summed E-state index contributed by atoms with van der Waals surface area (Å²) in [4.78, 5) is 19.2. The molecule has 1 aliphatic heterocycles. The fourth-order valence-electron chi connectivity index (χ4n) is 3.01. The van der Waals surface area contributed by atoms with E-state index < -0.39 is 0 Å². The number of benzene rings is 1. The number of hydrogen-bond donors (Lipinski definition) is 2. The molecular formula is C18H26Cl2N4OS. The van der Waals surface area contributed by atoms with E-state index in [1.807, 2.05) is 37.4 Å². The average Bonchev–Trinajstić information content (AvgIpc) is 3.08. The quantitative estimate of drug-likeness (QED) is 0.759. The van der Waals surface area contributed by atoms with Crippen LogP contribution in [-0.2, 0) is 13.1 Å². The number of carbonyl (C=O) groups is 1. The van der Waals surface area contributed by atoms with Gasteiger partial charge in [0.05, 0.1) is 12.2 Å². The first kappa shape index (κ1) is 22.9. The van der Waals surface area contributed by atoms with Crippen LogP contribution in [0.5, 0.6) is 0 Å². The van der Waals surface area contributed by atoms with Gasteiger partial charge in [0.15, 0.2) is 0 Å². The van der Waals surface area contributed by atoms with E-state index in [1.54, 1.807) is 11.3 Å². The molecule has 5 nitrogen and oxygen atoms in total. The molecule has 0 aliphatic carbocycles. The van der Waals surface area contributed by atoms with Gasteiger partial charge in [-0.15, -0.1) is 36.2 Å².